The first kappa shape index (κ1) is 25.5. The van der Waals surface area contributed by atoms with E-state index in [1.54, 1.807) is 0 Å². The van der Waals surface area contributed by atoms with Gasteiger partial charge in [0.15, 0.2) is 0 Å². The molecule has 4 aromatic rings. The number of para-hydroxylation sites is 2. The monoisotopic (exact) mass is 520 g/mol. The number of hydrogen-bond acceptors (Lipinski definition) is 11. The molecule has 4 rings (SSSR count). The third-order valence-electron chi connectivity index (χ3n) is 5.44. The smallest absolute Gasteiger partial charge is 0.373 e. The molecule has 0 aliphatic heterocycles. The molecule has 0 unspecified atom stereocenters. The molecular weight excluding hydrogens is 504 g/mol. The van der Waals surface area contributed by atoms with Crippen molar-refractivity contribution in [2.24, 2.45) is 0 Å². The number of nitrogens with zero attached hydrogens (tertiary/aromatic N) is 2. The summed E-state index contributed by atoms with van der Waals surface area (Å²) in [5.41, 5.74) is -2.56. The molecule has 0 N–H and O–H groups in total. The summed E-state index contributed by atoms with van der Waals surface area (Å²) < 4.78 is 19.9. The number of rotatable bonds is 8. The van der Waals surface area contributed by atoms with Crippen LogP contribution in [0, 0.1) is 20.2 Å². The molecule has 13 heteroatoms. The SMILES string of the molecule is COC(=O)c1ccc(-c2cccc(C(=O)c3cccc(-c4ccc(C(=O)OC)o4)c3[N+](=O)[O-])c2[N+](=O)[O-])o1. The summed E-state index contributed by atoms with van der Waals surface area (Å²) in [5.74, 6) is -3.28. The molecule has 2 aromatic heterocycles. The van der Waals surface area contributed by atoms with Gasteiger partial charge in [-0.2, -0.15) is 0 Å². The van der Waals surface area contributed by atoms with Crippen molar-refractivity contribution in [1.82, 2.24) is 0 Å². The standard InChI is InChI=1S/C25H16N2O11/c1-35-24(29)19-11-9-17(37-19)13-5-3-7-15(21(13)26(31)32)23(28)16-8-4-6-14(22(16)27(33)34)18-10-12-20(38-18)25(30)36-2/h3-12H,1-2H3. The van der Waals surface area contributed by atoms with E-state index in [1.807, 2.05) is 0 Å². The summed E-state index contributed by atoms with van der Waals surface area (Å²) in [6, 6.07) is 12.7. The van der Waals surface area contributed by atoms with E-state index in [-0.39, 0.29) is 34.2 Å². The van der Waals surface area contributed by atoms with Crippen LogP contribution in [0.2, 0.25) is 0 Å². The van der Waals surface area contributed by atoms with Gasteiger partial charge in [-0.15, -0.1) is 0 Å². The fourth-order valence-corrected chi connectivity index (χ4v) is 3.78. The van der Waals surface area contributed by atoms with Gasteiger partial charge in [-0.1, -0.05) is 12.1 Å². The van der Waals surface area contributed by atoms with Gasteiger partial charge >= 0.3 is 11.9 Å². The average Bonchev–Trinajstić information content (AvgIpc) is 3.61. The Morgan fingerprint density at radius 2 is 1.05 bits per heavy atom. The lowest BCUT2D eigenvalue weighted by Gasteiger charge is -2.08. The van der Waals surface area contributed by atoms with Crippen molar-refractivity contribution >= 4 is 29.1 Å². The van der Waals surface area contributed by atoms with Gasteiger partial charge in [0.2, 0.25) is 17.3 Å². The fraction of sp³-hybridized carbons (Fsp3) is 0.0800. The third-order valence-corrected chi connectivity index (χ3v) is 5.44. The van der Waals surface area contributed by atoms with Crippen molar-refractivity contribution in [3.63, 3.8) is 0 Å². The quantitative estimate of drug-likeness (QED) is 0.134. The minimum atomic E-state index is -1.02. The van der Waals surface area contributed by atoms with E-state index < -0.39 is 50.1 Å². The average molecular weight is 520 g/mol. The zero-order valence-electron chi connectivity index (χ0n) is 19.7. The molecule has 2 heterocycles. The minimum Gasteiger partial charge on any atom is -0.463 e. The van der Waals surface area contributed by atoms with Crippen LogP contribution in [0.3, 0.4) is 0 Å². The second-order valence-corrected chi connectivity index (χ2v) is 7.56. The van der Waals surface area contributed by atoms with Gasteiger partial charge in [-0.05, 0) is 48.5 Å². The van der Waals surface area contributed by atoms with Gasteiger partial charge < -0.3 is 18.3 Å². The molecule has 2 aromatic carbocycles. The molecule has 38 heavy (non-hydrogen) atoms. The molecule has 0 aliphatic carbocycles. The second kappa shape index (κ2) is 10.2. The number of esters is 2. The van der Waals surface area contributed by atoms with Crippen molar-refractivity contribution in [3.05, 3.63) is 104 Å². The lowest BCUT2D eigenvalue weighted by molar-refractivity contribution is -0.384. The number of ether oxygens (including phenoxy) is 2. The van der Waals surface area contributed by atoms with Gasteiger partial charge in [-0.25, -0.2) is 9.59 Å². The molecular formula is C25H16N2O11. The first-order valence-corrected chi connectivity index (χ1v) is 10.6. The summed E-state index contributed by atoms with van der Waals surface area (Å²) in [4.78, 5) is 59.6. The number of carbonyl (C=O) groups is 3. The maximum Gasteiger partial charge on any atom is 0.373 e. The lowest BCUT2D eigenvalue weighted by Crippen LogP contribution is -2.10. The third kappa shape index (κ3) is 4.51. The Labute approximate surface area is 212 Å². The number of benzene rings is 2. The predicted octanol–water partition coefficient (Wildman–Crippen LogP) is 4.83. The van der Waals surface area contributed by atoms with Crippen LogP contribution in [0.1, 0.15) is 37.0 Å². The van der Waals surface area contributed by atoms with Crippen molar-refractivity contribution in [3.8, 4) is 22.6 Å². The molecule has 13 nitrogen and oxygen atoms in total. The van der Waals surface area contributed by atoms with E-state index in [4.69, 9.17) is 8.83 Å². The number of nitro groups is 2. The van der Waals surface area contributed by atoms with Crippen molar-refractivity contribution in [2.45, 2.75) is 0 Å². The number of nitro benzene ring substituents is 2. The number of methoxy groups -OCH3 is 2. The highest BCUT2D eigenvalue weighted by molar-refractivity contribution is 6.16. The number of furan rings is 2. The molecule has 0 saturated heterocycles. The van der Waals surface area contributed by atoms with E-state index in [0.717, 1.165) is 26.4 Å². The summed E-state index contributed by atoms with van der Waals surface area (Å²) in [7, 11) is 2.26. The van der Waals surface area contributed by atoms with E-state index in [1.165, 1.54) is 48.5 Å². The zero-order valence-corrected chi connectivity index (χ0v) is 19.7. The Morgan fingerprint density at radius 3 is 1.39 bits per heavy atom. The Kier molecular flexibility index (Phi) is 6.83. The van der Waals surface area contributed by atoms with Crippen LogP contribution in [-0.4, -0.2) is 41.8 Å². The highest BCUT2D eigenvalue weighted by atomic mass is 16.6. The van der Waals surface area contributed by atoms with Crippen LogP contribution in [0.4, 0.5) is 11.4 Å². The number of carbonyl (C=O) groups excluding carboxylic acids is 3. The molecule has 0 spiro atoms. The molecule has 0 bridgehead atoms. The van der Waals surface area contributed by atoms with Crippen LogP contribution in [0.25, 0.3) is 22.6 Å². The molecule has 0 fully saturated rings. The van der Waals surface area contributed by atoms with Crippen molar-refractivity contribution in [2.75, 3.05) is 14.2 Å². The molecule has 0 aliphatic rings. The van der Waals surface area contributed by atoms with Crippen LogP contribution in [0.5, 0.6) is 0 Å². The normalized spacial score (nSPS) is 10.6. The summed E-state index contributed by atoms with van der Waals surface area (Å²) in [6.07, 6.45) is 0. The van der Waals surface area contributed by atoms with Gasteiger partial charge in [0.25, 0.3) is 11.4 Å². The molecule has 0 atom stereocenters. The van der Waals surface area contributed by atoms with Gasteiger partial charge in [-0.3, -0.25) is 25.0 Å². The van der Waals surface area contributed by atoms with Gasteiger partial charge in [0.05, 0.1) is 35.2 Å². The highest BCUT2D eigenvalue weighted by Gasteiger charge is 2.33. The number of ketones is 1. The van der Waals surface area contributed by atoms with Crippen LogP contribution in [0.15, 0.2) is 69.5 Å². The highest BCUT2D eigenvalue weighted by Crippen LogP contribution is 2.39. The summed E-state index contributed by atoms with van der Waals surface area (Å²) in [6.45, 7) is 0. The number of hydrogen-bond donors (Lipinski definition) is 0. The Hall–Kier alpha value is -5.59. The minimum absolute atomic E-state index is 0.0964. The zero-order chi connectivity index (χ0) is 27.6. The Bertz CT molecular complexity index is 1500. The van der Waals surface area contributed by atoms with E-state index in [2.05, 4.69) is 9.47 Å². The van der Waals surface area contributed by atoms with Crippen molar-refractivity contribution in [1.29, 1.82) is 0 Å². The van der Waals surface area contributed by atoms with E-state index in [9.17, 15) is 34.6 Å². The van der Waals surface area contributed by atoms with Crippen LogP contribution >= 0.6 is 0 Å². The Balaban J connectivity index is 1.87. The molecule has 0 saturated carbocycles. The second-order valence-electron chi connectivity index (χ2n) is 7.56. The first-order chi connectivity index (χ1) is 18.2. The summed E-state index contributed by atoms with van der Waals surface area (Å²) >= 11 is 0. The molecule has 0 amide bonds. The van der Waals surface area contributed by atoms with Crippen molar-refractivity contribution < 1.29 is 42.5 Å². The summed E-state index contributed by atoms with van der Waals surface area (Å²) in [5, 5.41) is 24.2. The first-order valence-electron chi connectivity index (χ1n) is 10.6. The Morgan fingerprint density at radius 1 is 0.658 bits per heavy atom. The van der Waals surface area contributed by atoms with E-state index in [0.29, 0.717) is 0 Å². The van der Waals surface area contributed by atoms with Crippen LogP contribution < -0.4 is 0 Å². The fourth-order valence-electron chi connectivity index (χ4n) is 3.78. The van der Waals surface area contributed by atoms with E-state index >= 15 is 0 Å². The maximum absolute atomic E-state index is 13.6. The van der Waals surface area contributed by atoms with Crippen LogP contribution in [-0.2, 0) is 9.47 Å². The topological polar surface area (TPSA) is 182 Å². The lowest BCUT2D eigenvalue weighted by atomic mass is 9.95. The predicted molar refractivity (Wildman–Crippen MR) is 128 cm³/mol. The van der Waals surface area contributed by atoms with Gasteiger partial charge in [0, 0.05) is 0 Å². The maximum atomic E-state index is 13.6. The largest absolute Gasteiger partial charge is 0.463 e. The molecule has 192 valence electrons. The molecule has 0 radical (unpaired) electrons. The van der Waals surface area contributed by atoms with Gasteiger partial charge in [0.1, 0.15) is 22.6 Å².